The van der Waals surface area contributed by atoms with E-state index in [0.29, 0.717) is 10.8 Å². The third-order valence-corrected chi connectivity index (χ3v) is 6.08. The number of aryl methyl sites for hydroxylation is 1. The third kappa shape index (κ3) is 3.67. The minimum Gasteiger partial charge on any atom is -0.338 e. The molecular formula is C21H21FN4OS. The molecule has 1 heterocycles. The van der Waals surface area contributed by atoms with Gasteiger partial charge in [-0.2, -0.15) is 0 Å². The van der Waals surface area contributed by atoms with Crippen LogP contribution in [0.15, 0.2) is 60.0 Å². The monoisotopic (exact) mass is 396 g/mol. The van der Waals surface area contributed by atoms with Gasteiger partial charge >= 0.3 is 0 Å². The Kier molecular flexibility index (Phi) is 5.43. The molecule has 1 atom stereocenters. The molecule has 0 unspecified atom stereocenters. The number of rotatable bonds is 5. The lowest BCUT2D eigenvalue weighted by Crippen LogP contribution is -2.34. The first kappa shape index (κ1) is 18.7. The molecule has 1 amide bonds. The predicted molar refractivity (Wildman–Crippen MR) is 107 cm³/mol. The highest BCUT2D eigenvalue weighted by Gasteiger charge is 2.26. The molecule has 0 saturated carbocycles. The van der Waals surface area contributed by atoms with Gasteiger partial charge in [0.2, 0.25) is 5.91 Å². The molecule has 1 aliphatic carbocycles. The average Bonchev–Trinajstić information content (AvgIpc) is 3.19. The Morgan fingerprint density at radius 1 is 1.25 bits per heavy atom. The highest BCUT2D eigenvalue weighted by atomic mass is 32.2. The molecule has 0 N–H and O–H groups in total. The van der Waals surface area contributed by atoms with Crippen LogP contribution in [0, 0.1) is 5.82 Å². The zero-order valence-electron chi connectivity index (χ0n) is 15.6. The van der Waals surface area contributed by atoms with Crippen LogP contribution in [-0.2, 0) is 11.2 Å². The number of hydrogen-bond acceptors (Lipinski definition) is 4. The molecule has 144 valence electrons. The van der Waals surface area contributed by atoms with E-state index in [1.165, 1.54) is 35.3 Å². The Balaban J connectivity index is 1.46. The Labute approximate surface area is 167 Å². The van der Waals surface area contributed by atoms with E-state index in [2.05, 4.69) is 28.4 Å². The highest BCUT2D eigenvalue weighted by Crippen LogP contribution is 2.34. The molecule has 0 spiro atoms. The van der Waals surface area contributed by atoms with E-state index in [9.17, 15) is 9.18 Å². The van der Waals surface area contributed by atoms with Crippen LogP contribution in [0.5, 0.6) is 0 Å². The normalized spacial score (nSPS) is 15.9. The molecule has 0 saturated heterocycles. The summed E-state index contributed by atoms with van der Waals surface area (Å²) in [7, 11) is 1.86. The van der Waals surface area contributed by atoms with Crippen LogP contribution in [0.1, 0.15) is 30.0 Å². The van der Waals surface area contributed by atoms with Gasteiger partial charge in [-0.05, 0) is 42.5 Å². The molecule has 1 aromatic heterocycles. The van der Waals surface area contributed by atoms with Crippen LogP contribution < -0.4 is 0 Å². The molecule has 0 fully saturated rings. The number of carbonyl (C=O) groups excluding carboxylic acids is 1. The molecule has 3 aromatic rings. The summed E-state index contributed by atoms with van der Waals surface area (Å²) in [5.74, 6) is -0.108. The molecule has 5 nitrogen and oxygen atoms in total. The standard InChI is InChI=1S/C21H21FN4OS/c1-25(18-12-6-8-15-7-2-3-9-16(15)18)20(27)13-28-21-24-23-14-26(21)19-11-5-4-10-17(19)22/h2-5,7,9-11,14,18H,6,8,12-13H2,1H3/t18-/m1/s1. The van der Waals surface area contributed by atoms with Crippen LogP contribution in [-0.4, -0.2) is 38.4 Å². The Bertz CT molecular complexity index is 990. The van der Waals surface area contributed by atoms with Gasteiger partial charge in [0.15, 0.2) is 5.16 Å². The Hall–Kier alpha value is -2.67. The summed E-state index contributed by atoms with van der Waals surface area (Å²) >= 11 is 1.27. The van der Waals surface area contributed by atoms with Crippen molar-refractivity contribution in [1.82, 2.24) is 19.7 Å². The predicted octanol–water partition coefficient (Wildman–Crippen LogP) is 4.03. The number of nitrogens with zero attached hydrogens (tertiary/aromatic N) is 4. The largest absolute Gasteiger partial charge is 0.338 e. The minimum atomic E-state index is -0.355. The summed E-state index contributed by atoms with van der Waals surface area (Å²) in [4.78, 5) is 14.7. The second kappa shape index (κ2) is 8.14. The summed E-state index contributed by atoms with van der Waals surface area (Å²) in [6.07, 6.45) is 4.57. The van der Waals surface area contributed by atoms with Crippen LogP contribution in [0.25, 0.3) is 5.69 Å². The number of para-hydroxylation sites is 1. The number of benzene rings is 2. The van der Waals surface area contributed by atoms with E-state index >= 15 is 0 Å². The van der Waals surface area contributed by atoms with E-state index < -0.39 is 0 Å². The first-order valence-electron chi connectivity index (χ1n) is 9.26. The number of halogens is 1. The van der Waals surface area contributed by atoms with Crippen molar-refractivity contribution in [2.24, 2.45) is 0 Å². The smallest absolute Gasteiger partial charge is 0.233 e. The van der Waals surface area contributed by atoms with Crippen molar-refractivity contribution in [1.29, 1.82) is 0 Å². The van der Waals surface area contributed by atoms with Crippen molar-refractivity contribution in [3.63, 3.8) is 0 Å². The van der Waals surface area contributed by atoms with Gasteiger partial charge in [-0.25, -0.2) is 4.39 Å². The zero-order valence-corrected chi connectivity index (χ0v) is 16.4. The second-order valence-corrected chi connectivity index (χ2v) is 7.78. The number of thioether (sulfide) groups is 1. The van der Waals surface area contributed by atoms with E-state index in [4.69, 9.17) is 0 Å². The van der Waals surface area contributed by atoms with Gasteiger partial charge in [0.1, 0.15) is 12.1 Å². The van der Waals surface area contributed by atoms with E-state index in [0.717, 1.165) is 19.3 Å². The van der Waals surface area contributed by atoms with Crippen molar-refractivity contribution in [2.75, 3.05) is 12.8 Å². The summed E-state index contributed by atoms with van der Waals surface area (Å²) < 4.78 is 15.7. The molecule has 0 aliphatic heterocycles. The highest BCUT2D eigenvalue weighted by molar-refractivity contribution is 7.99. The second-order valence-electron chi connectivity index (χ2n) is 6.84. The summed E-state index contributed by atoms with van der Waals surface area (Å²) in [6.45, 7) is 0. The van der Waals surface area contributed by atoms with E-state index in [1.54, 1.807) is 22.8 Å². The van der Waals surface area contributed by atoms with Crippen LogP contribution in [0.3, 0.4) is 0 Å². The molecule has 7 heteroatoms. The van der Waals surface area contributed by atoms with Crippen molar-refractivity contribution in [3.8, 4) is 5.69 Å². The minimum absolute atomic E-state index is 0.0230. The van der Waals surface area contributed by atoms with Crippen LogP contribution in [0.4, 0.5) is 4.39 Å². The fraction of sp³-hybridized carbons (Fsp3) is 0.286. The Morgan fingerprint density at radius 3 is 2.89 bits per heavy atom. The van der Waals surface area contributed by atoms with Gasteiger partial charge in [0.25, 0.3) is 0 Å². The average molecular weight is 396 g/mol. The lowest BCUT2D eigenvalue weighted by molar-refractivity contribution is -0.129. The first-order valence-corrected chi connectivity index (χ1v) is 10.2. The first-order chi connectivity index (χ1) is 13.6. The maximum absolute atomic E-state index is 14.1. The topological polar surface area (TPSA) is 51.0 Å². The van der Waals surface area contributed by atoms with Gasteiger partial charge < -0.3 is 4.90 Å². The van der Waals surface area contributed by atoms with Crippen molar-refractivity contribution < 1.29 is 9.18 Å². The molecule has 0 radical (unpaired) electrons. The number of aromatic nitrogens is 3. The SMILES string of the molecule is CN(C(=O)CSc1nncn1-c1ccccc1F)[C@@H]1CCCc2ccccc21. The van der Waals surface area contributed by atoms with Crippen LogP contribution >= 0.6 is 11.8 Å². The van der Waals surface area contributed by atoms with Gasteiger partial charge in [-0.3, -0.25) is 9.36 Å². The maximum Gasteiger partial charge on any atom is 0.233 e. The molecule has 4 rings (SSSR count). The summed E-state index contributed by atoms with van der Waals surface area (Å²) in [5.41, 5.74) is 2.94. The summed E-state index contributed by atoms with van der Waals surface area (Å²) in [6, 6.07) is 14.9. The fourth-order valence-corrected chi connectivity index (χ4v) is 4.51. The number of amides is 1. The lowest BCUT2D eigenvalue weighted by atomic mass is 9.87. The van der Waals surface area contributed by atoms with Gasteiger partial charge in [-0.1, -0.05) is 48.2 Å². The lowest BCUT2D eigenvalue weighted by Gasteiger charge is -2.33. The molecule has 1 aliphatic rings. The van der Waals surface area contributed by atoms with E-state index in [-0.39, 0.29) is 23.5 Å². The van der Waals surface area contributed by atoms with Gasteiger partial charge in [0, 0.05) is 7.05 Å². The number of carbonyl (C=O) groups is 1. The Morgan fingerprint density at radius 2 is 2.04 bits per heavy atom. The van der Waals surface area contributed by atoms with Gasteiger partial charge in [-0.15, -0.1) is 10.2 Å². The van der Waals surface area contributed by atoms with Crippen molar-refractivity contribution >= 4 is 17.7 Å². The van der Waals surface area contributed by atoms with Crippen molar-refractivity contribution in [2.45, 2.75) is 30.5 Å². The molecule has 2 aromatic carbocycles. The zero-order chi connectivity index (χ0) is 19.5. The number of fused-ring (bicyclic) bond motifs is 1. The molecule has 28 heavy (non-hydrogen) atoms. The van der Waals surface area contributed by atoms with Crippen molar-refractivity contribution in [3.05, 3.63) is 71.8 Å². The molecule has 0 bridgehead atoms. The van der Waals surface area contributed by atoms with E-state index in [1.807, 2.05) is 18.0 Å². The molecular weight excluding hydrogens is 375 g/mol. The fourth-order valence-electron chi connectivity index (χ4n) is 3.67. The van der Waals surface area contributed by atoms with Gasteiger partial charge in [0.05, 0.1) is 17.5 Å². The third-order valence-electron chi connectivity index (χ3n) is 5.15. The van der Waals surface area contributed by atoms with Crippen LogP contribution in [0.2, 0.25) is 0 Å². The number of hydrogen-bond donors (Lipinski definition) is 0. The quantitative estimate of drug-likeness (QED) is 0.611. The summed E-state index contributed by atoms with van der Waals surface area (Å²) in [5, 5.41) is 8.43. The maximum atomic E-state index is 14.1.